The largest absolute Gasteiger partial charge is 0.450 e. The van der Waals surface area contributed by atoms with Gasteiger partial charge >= 0.3 is 6.09 Å². The molecule has 0 aromatic carbocycles. The minimum absolute atomic E-state index is 0.315. The van der Waals surface area contributed by atoms with E-state index in [0.29, 0.717) is 32.5 Å². The number of alkyl halides is 1. The van der Waals surface area contributed by atoms with Crippen LogP contribution in [0.2, 0.25) is 0 Å². The normalized spacial score (nSPS) is 19.3. The number of nitrogens with zero attached hydrogens (tertiary/aromatic N) is 1. The average Bonchev–Trinajstić information content (AvgIpc) is 2.06. The third kappa shape index (κ3) is 2.36. The summed E-state index contributed by atoms with van der Waals surface area (Å²) in [6.07, 6.45) is -0.169. The minimum atomic E-state index is -0.740. The lowest BCUT2D eigenvalue weighted by molar-refractivity contribution is 0.0859. The minimum Gasteiger partial charge on any atom is -0.450 e. The lowest BCUT2D eigenvalue weighted by Crippen LogP contribution is -2.39. The summed E-state index contributed by atoms with van der Waals surface area (Å²) in [5, 5.41) is 0. The molecule has 1 saturated heterocycles. The Bertz CT molecular complexity index is 155. The Morgan fingerprint density at radius 3 is 2.67 bits per heavy atom. The Balaban J connectivity index is 2.29. The van der Waals surface area contributed by atoms with E-state index in [1.165, 1.54) is 0 Å². The van der Waals surface area contributed by atoms with E-state index in [-0.39, 0.29) is 6.09 Å². The summed E-state index contributed by atoms with van der Waals surface area (Å²) in [6.45, 7) is 3.12. The molecule has 70 valence electrons. The van der Waals surface area contributed by atoms with E-state index in [1.54, 1.807) is 11.8 Å². The molecule has 0 N–H and O–H groups in total. The van der Waals surface area contributed by atoms with Crippen LogP contribution >= 0.6 is 0 Å². The molecule has 4 heteroatoms. The smallest absolute Gasteiger partial charge is 0.409 e. The molecule has 0 aliphatic carbocycles. The molecule has 0 radical (unpaired) electrons. The molecule has 3 nitrogen and oxygen atoms in total. The third-order valence-corrected chi connectivity index (χ3v) is 1.95. The van der Waals surface area contributed by atoms with E-state index in [1.807, 2.05) is 0 Å². The van der Waals surface area contributed by atoms with E-state index in [4.69, 9.17) is 4.74 Å². The van der Waals surface area contributed by atoms with Gasteiger partial charge in [-0.2, -0.15) is 0 Å². The lowest BCUT2D eigenvalue weighted by Gasteiger charge is -2.27. The molecule has 0 bridgehead atoms. The first-order valence-corrected chi connectivity index (χ1v) is 4.29. The molecule has 1 fully saturated rings. The highest BCUT2D eigenvalue weighted by Crippen LogP contribution is 2.13. The molecule has 0 spiro atoms. The second kappa shape index (κ2) is 4.28. The van der Waals surface area contributed by atoms with Crippen LogP contribution < -0.4 is 0 Å². The molecule has 1 heterocycles. The van der Waals surface area contributed by atoms with Crippen molar-refractivity contribution >= 4 is 6.09 Å². The number of hydrogen-bond acceptors (Lipinski definition) is 2. The fourth-order valence-corrected chi connectivity index (χ4v) is 1.25. The molecule has 1 rings (SSSR count). The Hall–Kier alpha value is -0.800. The first-order valence-electron chi connectivity index (χ1n) is 4.29. The molecule has 12 heavy (non-hydrogen) atoms. The Labute approximate surface area is 71.5 Å². The van der Waals surface area contributed by atoms with Crippen LogP contribution in [0.15, 0.2) is 0 Å². The van der Waals surface area contributed by atoms with E-state index in [9.17, 15) is 9.18 Å². The number of likely N-dealkylation sites (tertiary alicyclic amines) is 1. The Kier molecular flexibility index (Phi) is 3.31. The van der Waals surface area contributed by atoms with Gasteiger partial charge in [0.1, 0.15) is 6.17 Å². The van der Waals surface area contributed by atoms with Crippen LogP contribution in [-0.2, 0) is 4.74 Å². The van der Waals surface area contributed by atoms with Crippen molar-refractivity contribution < 1.29 is 13.9 Å². The third-order valence-electron chi connectivity index (χ3n) is 1.95. The zero-order valence-electron chi connectivity index (χ0n) is 7.25. The van der Waals surface area contributed by atoms with Crippen molar-refractivity contribution in [3.05, 3.63) is 0 Å². The van der Waals surface area contributed by atoms with Crippen molar-refractivity contribution in [3.63, 3.8) is 0 Å². The second-order valence-corrected chi connectivity index (χ2v) is 2.86. The molecule has 0 aromatic rings. The van der Waals surface area contributed by atoms with E-state index in [2.05, 4.69) is 0 Å². The maximum absolute atomic E-state index is 12.6. The topological polar surface area (TPSA) is 29.5 Å². The van der Waals surface area contributed by atoms with Crippen LogP contribution in [0.4, 0.5) is 9.18 Å². The first-order chi connectivity index (χ1) is 5.74. The standard InChI is InChI=1S/C8H14FNO2/c1-2-12-8(11)10-5-3-7(9)4-6-10/h7H,2-6H2,1H3. The van der Waals surface area contributed by atoms with Gasteiger partial charge in [0.05, 0.1) is 6.61 Å². The van der Waals surface area contributed by atoms with E-state index in [0.717, 1.165) is 0 Å². The average molecular weight is 175 g/mol. The number of halogens is 1. The van der Waals surface area contributed by atoms with Gasteiger partial charge in [-0.25, -0.2) is 9.18 Å². The summed E-state index contributed by atoms with van der Waals surface area (Å²) in [4.78, 5) is 12.6. The maximum Gasteiger partial charge on any atom is 0.409 e. The Morgan fingerprint density at radius 1 is 1.58 bits per heavy atom. The lowest BCUT2D eigenvalue weighted by atomic mass is 10.1. The molecule has 0 aromatic heterocycles. The van der Waals surface area contributed by atoms with Crippen LogP contribution in [0.25, 0.3) is 0 Å². The Morgan fingerprint density at radius 2 is 2.17 bits per heavy atom. The number of rotatable bonds is 1. The number of carbonyl (C=O) groups is 1. The van der Waals surface area contributed by atoms with E-state index < -0.39 is 6.17 Å². The number of ether oxygens (including phenoxy) is 1. The fourth-order valence-electron chi connectivity index (χ4n) is 1.25. The monoisotopic (exact) mass is 175 g/mol. The molecule has 1 aliphatic rings. The highest BCUT2D eigenvalue weighted by Gasteiger charge is 2.22. The zero-order valence-corrected chi connectivity index (χ0v) is 7.25. The zero-order chi connectivity index (χ0) is 8.97. The predicted molar refractivity (Wildman–Crippen MR) is 42.7 cm³/mol. The molecular formula is C8H14FNO2. The summed E-state index contributed by atoms with van der Waals surface area (Å²) in [7, 11) is 0. The van der Waals surface area contributed by atoms with Gasteiger partial charge in [-0.1, -0.05) is 0 Å². The summed E-state index contributed by atoms with van der Waals surface area (Å²) in [5.74, 6) is 0. The summed E-state index contributed by atoms with van der Waals surface area (Å²) in [6, 6.07) is 0. The van der Waals surface area contributed by atoms with Gasteiger partial charge in [-0.15, -0.1) is 0 Å². The van der Waals surface area contributed by atoms with Gasteiger partial charge < -0.3 is 9.64 Å². The number of amides is 1. The van der Waals surface area contributed by atoms with Crippen molar-refractivity contribution in [3.8, 4) is 0 Å². The van der Waals surface area contributed by atoms with Crippen molar-refractivity contribution in [2.24, 2.45) is 0 Å². The molecule has 0 atom stereocenters. The number of piperidine rings is 1. The van der Waals surface area contributed by atoms with Gasteiger partial charge in [0.15, 0.2) is 0 Å². The van der Waals surface area contributed by atoms with E-state index >= 15 is 0 Å². The summed E-state index contributed by atoms with van der Waals surface area (Å²) >= 11 is 0. The predicted octanol–water partition coefficient (Wildman–Crippen LogP) is 1.58. The fraction of sp³-hybridized carbons (Fsp3) is 0.875. The van der Waals surface area contributed by atoms with Crippen LogP contribution in [-0.4, -0.2) is 36.9 Å². The molecule has 1 aliphatic heterocycles. The second-order valence-electron chi connectivity index (χ2n) is 2.86. The highest BCUT2D eigenvalue weighted by molar-refractivity contribution is 5.67. The van der Waals surface area contributed by atoms with Crippen molar-refractivity contribution in [2.75, 3.05) is 19.7 Å². The van der Waals surface area contributed by atoms with Gasteiger partial charge in [0.2, 0.25) is 0 Å². The quantitative estimate of drug-likeness (QED) is 0.605. The maximum atomic E-state index is 12.6. The van der Waals surface area contributed by atoms with Crippen molar-refractivity contribution in [2.45, 2.75) is 25.9 Å². The molecular weight excluding hydrogens is 161 g/mol. The van der Waals surface area contributed by atoms with Gasteiger partial charge in [0.25, 0.3) is 0 Å². The highest BCUT2D eigenvalue weighted by atomic mass is 19.1. The van der Waals surface area contributed by atoms with Crippen LogP contribution in [0.5, 0.6) is 0 Å². The van der Waals surface area contributed by atoms with Crippen molar-refractivity contribution in [1.82, 2.24) is 4.90 Å². The van der Waals surface area contributed by atoms with Gasteiger partial charge in [0, 0.05) is 13.1 Å². The van der Waals surface area contributed by atoms with Crippen LogP contribution in [0.1, 0.15) is 19.8 Å². The van der Waals surface area contributed by atoms with Gasteiger partial charge in [-0.05, 0) is 19.8 Å². The number of carbonyl (C=O) groups excluding carboxylic acids is 1. The molecule has 0 saturated carbocycles. The summed E-state index contributed by atoms with van der Waals surface area (Å²) < 4.78 is 17.4. The SMILES string of the molecule is CCOC(=O)N1CCC(F)CC1. The van der Waals surface area contributed by atoms with Crippen LogP contribution in [0.3, 0.4) is 0 Å². The molecule has 1 amide bonds. The summed E-state index contributed by atoms with van der Waals surface area (Å²) in [5.41, 5.74) is 0. The van der Waals surface area contributed by atoms with Gasteiger partial charge in [-0.3, -0.25) is 0 Å². The number of hydrogen-bond donors (Lipinski definition) is 0. The molecule has 0 unspecified atom stereocenters. The van der Waals surface area contributed by atoms with Crippen molar-refractivity contribution in [1.29, 1.82) is 0 Å². The van der Waals surface area contributed by atoms with Crippen LogP contribution in [0, 0.1) is 0 Å². The first kappa shape index (κ1) is 9.29.